The van der Waals surface area contributed by atoms with Crippen LogP contribution in [0.3, 0.4) is 0 Å². The van der Waals surface area contributed by atoms with Gasteiger partial charge in [-0.1, -0.05) is 24.3 Å². The molecule has 2 fully saturated rings. The fraction of sp³-hybridized carbons (Fsp3) is 0.367. The third-order valence-electron chi connectivity index (χ3n) is 9.10. The maximum Gasteiger partial charge on any atom is 0.246 e. The second kappa shape index (κ2) is 8.85. The van der Waals surface area contributed by atoms with Crippen LogP contribution in [0.2, 0.25) is 0 Å². The van der Waals surface area contributed by atoms with Crippen molar-refractivity contribution in [3.05, 3.63) is 77.5 Å². The summed E-state index contributed by atoms with van der Waals surface area (Å²) in [4.78, 5) is 45.5. The first-order chi connectivity index (χ1) is 19.6. The molecule has 0 radical (unpaired) electrons. The van der Waals surface area contributed by atoms with Crippen molar-refractivity contribution in [3.8, 4) is 11.5 Å². The molecule has 204 valence electrons. The maximum atomic E-state index is 14.3. The molecule has 2 saturated heterocycles. The topological polar surface area (TPSA) is 107 Å². The van der Waals surface area contributed by atoms with Gasteiger partial charge in [-0.3, -0.25) is 14.5 Å². The molecular formula is C30H30N6O4. The maximum absolute atomic E-state index is 14.3. The normalized spacial score (nSPS) is 25.0. The van der Waals surface area contributed by atoms with Gasteiger partial charge in [0.2, 0.25) is 18.6 Å². The minimum absolute atomic E-state index is 0.00984. The molecule has 1 unspecified atom stereocenters. The summed E-state index contributed by atoms with van der Waals surface area (Å²) in [6.07, 6.45) is 4.92. The molecule has 10 heteroatoms. The highest BCUT2D eigenvalue weighted by molar-refractivity contribution is 5.98. The second-order valence-electron chi connectivity index (χ2n) is 11.2. The Hall–Kier alpha value is -4.31. The lowest BCUT2D eigenvalue weighted by atomic mass is 9.85. The number of fused-ring (bicyclic) bond motifs is 5. The van der Waals surface area contributed by atoms with Crippen molar-refractivity contribution in [1.29, 1.82) is 0 Å². The number of ether oxygens (including phenoxy) is 2. The van der Waals surface area contributed by atoms with Crippen molar-refractivity contribution in [2.45, 2.75) is 43.9 Å². The molecule has 0 bridgehead atoms. The van der Waals surface area contributed by atoms with Gasteiger partial charge in [-0.05, 0) is 42.7 Å². The molecule has 2 N–H and O–H groups in total. The number of rotatable bonds is 4. The van der Waals surface area contributed by atoms with Crippen LogP contribution in [0.5, 0.6) is 11.5 Å². The largest absolute Gasteiger partial charge is 0.454 e. The number of hydrogen-bond acceptors (Lipinski definition) is 6. The predicted molar refractivity (Wildman–Crippen MR) is 146 cm³/mol. The summed E-state index contributed by atoms with van der Waals surface area (Å²) in [5.74, 6) is 2.26. The Bertz CT molecular complexity index is 1630. The minimum atomic E-state index is -0.570. The van der Waals surface area contributed by atoms with Gasteiger partial charge in [-0.2, -0.15) is 0 Å². The van der Waals surface area contributed by atoms with Crippen molar-refractivity contribution in [1.82, 2.24) is 29.7 Å². The van der Waals surface area contributed by atoms with Gasteiger partial charge in [-0.25, -0.2) is 4.98 Å². The number of carbonyl (C=O) groups is 2. The van der Waals surface area contributed by atoms with Crippen LogP contribution in [-0.4, -0.2) is 80.0 Å². The molecular weight excluding hydrogens is 508 g/mol. The average Bonchev–Trinajstić information content (AvgIpc) is 3.79. The van der Waals surface area contributed by atoms with Gasteiger partial charge < -0.3 is 29.2 Å². The third kappa shape index (κ3) is 3.48. The van der Waals surface area contributed by atoms with Crippen molar-refractivity contribution < 1.29 is 19.1 Å². The molecule has 0 saturated carbocycles. The molecule has 4 aliphatic heterocycles. The molecule has 2 aromatic carbocycles. The zero-order chi connectivity index (χ0) is 27.0. The van der Waals surface area contributed by atoms with E-state index in [0.29, 0.717) is 17.9 Å². The summed E-state index contributed by atoms with van der Waals surface area (Å²) in [6.45, 7) is 3.96. The number of nitrogens with one attached hydrogen (secondary N) is 2. The van der Waals surface area contributed by atoms with E-state index < -0.39 is 12.1 Å². The van der Waals surface area contributed by atoms with Crippen molar-refractivity contribution in [3.63, 3.8) is 0 Å². The Morgan fingerprint density at radius 1 is 1.10 bits per heavy atom. The number of para-hydroxylation sites is 1. The second-order valence-corrected chi connectivity index (χ2v) is 11.2. The van der Waals surface area contributed by atoms with E-state index >= 15 is 0 Å². The van der Waals surface area contributed by atoms with E-state index in [4.69, 9.17) is 9.47 Å². The summed E-state index contributed by atoms with van der Waals surface area (Å²) in [5, 5.41) is 1.10. The zero-order valence-electron chi connectivity index (χ0n) is 22.2. The van der Waals surface area contributed by atoms with E-state index in [9.17, 15) is 9.59 Å². The highest BCUT2D eigenvalue weighted by Gasteiger charge is 2.50. The van der Waals surface area contributed by atoms with Gasteiger partial charge in [-0.15, -0.1) is 0 Å². The van der Waals surface area contributed by atoms with E-state index in [2.05, 4.69) is 32.8 Å². The van der Waals surface area contributed by atoms with Gasteiger partial charge in [0.05, 0.1) is 12.1 Å². The van der Waals surface area contributed by atoms with Gasteiger partial charge in [0.1, 0.15) is 18.4 Å². The van der Waals surface area contributed by atoms with Crippen LogP contribution in [-0.2, 0) is 16.0 Å². The first-order valence-corrected chi connectivity index (χ1v) is 13.9. The highest BCUT2D eigenvalue weighted by Crippen LogP contribution is 2.45. The van der Waals surface area contributed by atoms with Crippen LogP contribution < -0.4 is 9.47 Å². The van der Waals surface area contributed by atoms with Crippen molar-refractivity contribution >= 4 is 22.7 Å². The number of benzene rings is 2. The number of piperazine rings is 1. The first-order valence-electron chi connectivity index (χ1n) is 13.9. The molecule has 4 aromatic rings. The van der Waals surface area contributed by atoms with Crippen LogP contribution in [0.1, 0.15) is 48.1 Å². The average molecular weight is 539 g/mol. The molecule has 10 nitrogen and oxygen atoms in total. The summed E-state index contributed by atoms with van der Waals surface area (Å²) in [7, 11) is 0. The molecule has 6 heterocycles. The number of amides is 2. The summed E-state index contributed by atoms with van der Waals surface area (Å²) < 4.78 is 11.2. The molecule has 0 aliphatic carbocycles. The van der Waals surface area contributed by atoms with E-state index in [1.54, 1.807) is 6.20 Å². The molecule has 4 atom stereocenters. The molecule has 8 rings (SSSR count). The number of aromatic nitrogens is 3. The first kappa shape index (κ1) is 23.6. The zero-order valence-corrected chi connectivity index (χ0v) is 22.2. The lowest BCUT2D eigenvalue weighted by molar-refractivity contribution is -0.160. The van der Waals surface area contributed by atoms with E-state index in [1.807, 2.05) is 52.4 Å². The quantitative estimate of drug-likeness (QED) is 0.414. The lowest BCUT2D eigenvalue weighted by Gasteiger charge is -2.48. The van der Waals surface area contributed by atoms with Crippen LogP contribution in [0.15, 0.2) is 54.9 Å². The Morgan fingerprint density at radius 3 is 2.85 bits per heavy atom. The number of nitrogens with zero attached hydrogens (tertiary/aromatic N) is 4. The number of likely N-dealkylation sites (tertiary alicyclic amines) is 1. The molecule has 40 heavy (non-hydrogen) atoms. The smallest absolute Gasteiger partial charge is 0.246 e. The third-order valence-corrected chi connectivity index (χ3v) is 9.10. The van der Waals surface area contributed by atoms with Gasteiger partial charge in [0, 0.05) is 54.5 Å². The van der Waals surface area contributed by atoms with E-state index in [-0.39, 0.29) is 37.2 Å². The number of H-pyrrole nitrogens is 2. The van der Waals surface area contributed by atoms with Crippen LogP contribution in [0.25, 0.3) is 10.9 Å². The highest BCUT2D eigenvalue weighted by atomic mass is 16.7. The Balaban J connectivity index is 1.15. The molecule has 2 aromatic heterocycles. The standard InChI is InChI=1S/C30H30N6O4/c1-17(29-31-9-10-32-29)34-11-8-19(14-34)35-15-26(37)36-23(30(35)38)13-21-20-4-2-3-5-22(20)33-27(21)28(36)18-6-7-24-25(12-18)40-16-39-24/h2-7,9-10,12,17,19,23,28,33H,8,11,13-16H2,1H3,(H,31,32)/t17-,19?,23-,28-/m1/s1. The predicted octanol–water partition coefficient (Wildman–Crippen LogP) is 3.14. The Labute approximate surface area is 230 Å². The molecule has 2 amide bonds. The Morgan fingerprint density at radius 2 is 1.98 bits per heavy atom. The van der Waals surface area contributed by atoms with Crippen molar-refractivity contribution in [2.24, 2.45) is 0 Å². The molecule has 0 spiro atoms. The number of hydrogen-bond donors (Lipinski definition) is 2. The monoisotopic (exact) mass is 538 g/mol. The number of carbonyl (C=O) groups excluding carboxylic acids is 2. The SMILES string of the molecule is C[C@H](c1ncc[nH]1)N1CCC(N2CC(=O)N3[C@H](c4ccc5c(c4)OCO5)c4[nH]c5ccccc5c4C[C@@H]3C2=O)C1. The van der Waals surface area contributed by atoms with Crippen LogP contribution in [0.4, 0.5) is 0 Å². The fourth-order valence-corrected chi connectivity index (χ4v) is 7.08. The van der Waals surface area contributed by atoms with E-state index in [0.717, 1.165) is 53.1 Å². The minimum Gasteiger partial charge on any atom is -0.454 e. The summed E-state index contributed by atoms with van der Waals surface area (Å²) in [6, 6.07) is 13.1. The van der Waals surface area contributed by atoms with Gasteiger partial charge in [0.15, 0.2) is 11.5 Å². The summed E-state index contributed by atoms with van der Waals surface area (Å²) in [5.41, 5.74) is 3.97. The summed E-state index contributed by atoms with van der Waals surface area (Å²) >= 11 is 0. The lowest BCUT2D eigenvalue weighted by Crippen LogP contribution is -2.65. The number of aromatic amines is 2. The van der Waals surface area contributed by atoms with Gasteiger partial charge in [0.25, 0.3) is 0 Å². The van der Waals surface area contributed by atoms with E-state index in [1.165, 1.54) is 0 Å². The van der Waals surface area contributed by atoms with Crippen LogP contribution >= 0.6 is 0 Å². The Kier molecular flexibility index (Phi) is 5.22. The molecule has 4 aliphatic rings. The fourth-order valence-electron chi connectivity index (χ4n) is 7.08. The van der Waals surface area contributed by atoms with Crippen LogP contribution in [0, 0.1) is 0 Å². The van der Waals surface area contributed by atoms with Crippen molar-refractivity contribution in [2.75, 3.05) is 26.4 Å². The number of imidazole rings is 1. The van der Waals surface area contributed by atoms with Gasteiger partial charge >= 0.3 is 0 Å².